The van der Waals surface area contributed by atoms with Crippen LogP contribution in [0.1, 0.15) is 52.8 Å². The van der Waals surface area contributed by atoms with Crippen LogP contribution >= 0.6 is 0 Å². The summed E-state index contributed by atoms with van der Waals surface area (Å²) >= 11 is 0. The van der Waals surface area contributed by atoms with E-state index in [1.807, 2.05) is 42.1 Å². The van der Waals surface area contributed by atoms with E-state index in [4.69, 9.17) is 4.98 Å². The van der Waals surface area contributed by atoms with E-state index >= 15 is 0 Å². The van der Waals surface area contributed by atoms with Crippen LogP contribution in [0.4, 0.5) is 5.82 Å². The van der Waals surface area contributed by atoms with Crippen molar-refractivity contribution in [1.82, 2.24) is 29.3 Å². The van der Waals surface area contributed by atoms with E-state index in [0.717, 1.165) is 35.3 Å². The first-order valence-corrected chi connectivity index (χ1v) is 10.9. The molecule has 32 heavy (non-hydrogen) atoms. The Morgan fingerprint density at radius 1 is 1.06 bits per heavy atom. The van der Waals surface area contributed by atoms with Crippen molar-refractivity contribution in [3.8, 4) is 17.2 Å². The Balaban J connectivity index is 1.38. The van der Waals surface area contributed by atoms with E-state index in [1.165, 1.54) is 11.3 Å². The molecular formula is C24H23N7O. The summed E-state index contributed by atoms with van der Waals surface area (Å²) in [6.07, 6.45) is 5.50. The van der Waals surface area contributed by atoms with Crippen LogP contribution in [-0.2, 0) is 19.4 Å². The maximum atomic E-state index is 13.4. The molecule has 6 rings (SSSR count). The Morgan fingerprint density at radius 2 is 1.94 bits per heavy atom. The van der Waals surface area contributed by atoms with E-state index in [9.17, 15) is 4.79 Å². The number of aryl methyl sites for hydroxylation is 2. The molecule has 2 aliphatic heterocycles. The molecule has 4 aromatic rings. The van der Waals surface area contributed by atoms with Crippen molar-refractivity contribution in [2.24, 2.45) is 0 Å². The quantitative estimate of drug-likeness (QED) is 0.500. The summed E-state index contributed by atoms with van der Waals surface area (Å²) in [6, 6.07) is 10.1. The minimum atomic E-state index is -0.0262. The van der Waals surface area contributed by atoms with Gasteiger partial charge in [0.05, 0.1) is 24.3 Å². The van der Waals surface area contributed by atoms with Crippen molar-refractivity contribution >= 4 is 11.7 Å². The Bertz CT molecular complexity index is 1380. The SMILES string of the molecule is Cc1ncn2c1CCc1cc3c(cc1-2)C(=O)N(c1cccc(-c2nncn2C(C)C)n1)C3. The molecule has 0 saturated carbocycles. The second kappa shape index (κ2) is 6.85. The molecule has 8 nitrogen and oxygen atoms in total. The molecule has 3 aromatic heterocycles. The molecule has 0 radical (unpaired) electrons. The standard InChI is InChI=1S/C24H23N7O/c1-14(2)30-13-26-28-23(30)19-5-4-6-22(27-19)29-11-17-9-16-7-8-20-15(3)25-12-31(20)21(16)10-18(17)24(29)32/h4-6,9-10,12-14H,7-8,11H2,1-3H3. The summed E-state index contributed by atoms with van der Waals surface area (Å²) in [5.41, 5.74) is 7.09. The van der Waals surface area contributed by atoms with Crippen molar-refractivity contribution in [3.05, 3.63) is 71.1 Å². The normalized spacial score (nSPS) is 14.6. The predicted molar refractivity (Wildman–Crippen MR) is 120 cm³/mol. The largest absolute Gasteiger partial charge is 0.310 e. The molecule has 1 amide bonds. The first-order chi connectivity index (χ1) is 15.5. The molecule has 8 heteroatoms. The van der Waals surface area contributed by atoms with Gasteiger partial charge in [0, 0.05) is 17.3 Å². The van der Waals surface area contributed by atoms with Gasteiger partial charge in [-0.05, 0) is 62.9 Å². The highest BCUT2D eigenvalue weighted by Gasteiger charge is 2.32. The van der Waals surface area contributed by atoms with E-state index in [-0.39, 0.29) is 11.9 Å². The van der Waals surface area contributed by atoms with Gasteiger partial charge >= 0.3 is 0 Å². The third kappa shape index (κ3) is 2.72. The number of hydrogen-bond acceptors (Lipinski definition) is 5. The number of rotatable bonds is 3. The van der Waals surface area contributed by atoms with Gasteiger partial charge in [0.1, 0.15) is 17.8 Å². The third-order valence-electron chi connectivity index (χ3n) is 6.44. The summed E-state index contributed by atoms with van der Waals surface area (Å²) in [7, 11) is 0. The molecule has 0 spiro atoms. The van der Waals surface area contributed by atoms with Crippen LogP contribution in [0, 0.1) is 6.92 Å². The number of imidazole rings is 1. The van der Waals surface area contributed by atoms with Gasteiger partial charge in [-0.15, -0.1) is 10.2 Å². The fraction of sp³-hybridized carbons (Fsp3) is 0.292. The predicted octanol–water partition coefficient (Wildman–Crippen LogP) is 3.67. The van der Waals surface area contributed by atoms with Gasteiger partial charge in [-0.1, -0.05) is 12.1 Å². The van der Waals surface area contributed by atoms with Crippen molar-refractivity contribution in [3.63, 3.8) is 0 Å². The van der Waals surface area contributed by atoms with Crippen molar-refractivity contribution in [2.75, 3.05) is 4.90 Å². The summed E-state index contributed by atoms with van der Waals surface area (Å²) in [5.74, 6) is 1.30. The van der Waals surface area contributed by atoms with Crippen LogP contribution in [0.25, 0.3) is 17.2 Å². The number of hydrogen-bond donors (Lipinski definition) is 0. The molecule has 0 fully saturated rings. The monoisotopic (exact) mass is 425 g/mol. The number of aromatic nitrogens is 6. The molecule has 0 bridgehead atoms. The van der Waals surface area contributed by atoms with Crippen LogP contribution in [0.2, 0.25) is 0 Å². The maximum Gasteiger partial charge on any atom is 0.260 e. The lowest BCUT2D eigenvalue weighted by molar-refractivity contribution is 0.0996. The number of carbonyl (C=O) groups is 1. The lowest BCUT2D eigenvalue weighted by Crippen LogP contribution is -2.24. The average molecular weight is 425 g/mol. The number of fused-ring (bicyclic) bond motifs is 4. The van der Waals surface area contributed by atoms with Crippen LogP contribution in [0.15, 0.2) is 43.0 Å². The third-order valence-corrected chi connectivity index (χ3v) is 6.44. The van der Waals surface area contributed by atoms with Crippen LogP contribution in [0.5, 0.6) is 0 Å². The van der Waals surface area contributed by atoms with E-state index in [1.54, 1.807) is 11.2 Å². The maximum absolute atomic E-state index is 13.4. The first kappa shape index (κ1) is 18.9. The number of benzene rings is 1. The van der Waals surface area contributed by atoms with Gasteiger partial charge in [-0.25, -0.2) is 9.97 Å². The zero-order valence-electron chi connectivity index (χ0n) is 18.3. The number of nitrogens with zero attached hydrogens (tertiary/aromatic N) is 7. The lowest BCUT2D eigenvalue weighted by atomic mass is 9.96. The summed E-state index contributed by atoms with van der Waals surface area (Å²) in [6.45, 7) is 6.71. The zero-order chi connectivity index (χ0) is 22.0. The van der Waals surface area contributed by atoms with Gasteiger partial charge in [0.2, 0.25) is 0 Å². The number of pyridine rings is 1. The van der Waals surface area contributed by atoms with E-state index < -0.39 is 0 Å². The molecule has 160 valence electrons. The summed E-state index contributed by atoms with van der Waals surface area (Å²) in [4.78, 5) is 24.4. The van der Waals surface area contributed by atoms with Crippen molar-refractivity contribution < 1.29 is 4.79 Å². The molecule has 5 heterocycles. The fourth-order valence-electron chi connectivity index (χ4n) is 4.74. The first-order valence-electron chi connectivity index (χ1n) is 10.9. The molecule has 0 atom stereocenters. The lowest BCUT2D eigenvalue weighted by Gasteiger charge is -2.20. The zero-order valence-corrected chi connectivity index (χ0v) is 18.3. The fourth-order valence-corrected chi connectivity index (χ4v) is 4.74. The van der Waals surface area contributed by atoms with Crippen LogP contribution in [0.3, 0.4) is 0 Å². The second-order valence-electron chi connectivity index (χ2n) is 8.71. The highest BCUT2D eigenvalue weighted by atomic mass is 16.2. The highest BCUT2D eigenvalue weighted by Crippen LogP contribution is 2.34. The van der Waals surface area contributed by atoms with Gasteiger partial charge < -0.3 is 9.13 Å². The van der Waals surface area contributed by atoms with Crippen LogP contribution < -0.4 is 4.90 Å². The van der Waals surface area contributed by atoms with Crippen LogP contribution in [-0.4, -0.2) is 35.2 Å². The number of anilines is 1. The van der Waals surface area contributed by atoms with Gasteiger partial charge in [0.25, 0.3) is 5.91 Å². The molecule has 0 N–H and O–H groups in total. The highest BCUT2D eigenvalue weighted by molar-refractivity contribution is 6.10. The second-order valence-corrected chi connectivity index (χ2v) is 8.71. The van der Waals surface area contributed by atoms with Crippen molar-refractivity contribution in [1.29, 1.82) is 0 Å². The van der Waals surface area contributed by atoms with Gasteiger partial charge in [-0.3, -0.25) is 9.69 Å². The number of amides is 1. The molecule has 0 unspecified atom stereocenters. The average Bonchev–Trinajstić information content (AvgIpc) is 3.51. The molecule has 0 saturated heterocycles. The molecular weight excluding hydrogens is 402 g/mol. The van der Waals surface area contributed by atoms with Gasteiger partial charge in [0.15, 0.2) is 5.82 Å². The summed E-state index contributed by atoms with van der Waals surface area (Å²) < 4.78 is 4.10. The molecule has 1 aromatic carbocycles. The van der Waals surface area contributed by atoms with Gasteiger partial charge in [-0.2, -0.15) is 0 Å². The topological polar surface area (TPSA) is 81.7 Å². The minimum Gasteiger partial charge on any atom is -0.310 e. The van der Waals surface area contributed by atoms with Crippen molar-refractivity contribution in [2.45, 2.75) is 46.2 Å². The smallest absolute Gasteiger partial charge is 0.260 e. The number of carbonyl (C=O) groups excluding carboxylic acids is 1. The molecule has 2 aliphatic rings. The Kier molecular flexibility index (Phi) is 4.05. The Morgan fingerprint density at radius 3 is 2.78 bits per heavy atom. The minimum absolute atomic E-state index is 0.0262. The van der Waals surface area contributed by atoms with E-state index in [0.29, 0.717) is 23.9 Å². The summed E-state index contributed by atoms with van der Waals surface area (Å²) in [5, 5.41) is 8.29. The van der Waals surface area contributed by atoms with E-state index in [2.05, 4.69) is 39.7 Å². The Labute approximate surface area is 185 Å². The molecule has 0 aliphatic carbocycles. The Hall–Kier alpha value is -3.81.